The summed E-state index contributed by atoms with van der Waals surface area (Å²) in [5, 5.41) is 3.08. The van der Waals surface area contributed by atoms with E-state index in [-0.39, 0.29) is 10.8 Å². The van der Waals surface area contributed by atoms with Crippen LogP contribution in [0.1, 0.15) is 72.2 Å². The second-order valence-electron chi connectivity index (χ2n) is 20.4. The third kappa shape index (κ3) is 5.37. The van der Waals surface area contributed by atoms with Gasteiger partial charge in [0.15, 0.2) is 0 Å². The first-order valence-corrected chi connectivity index (χ1v) is 28.1. The van der Waals surface area contributed by atoms with Gasteiger partial charge in [0, 0.05) is 41.5 Å². The standard InChI is InChI=1S/C63H50S2Si/c1-61(2)47-27-14-13-25-45(47)56-48(61)33-34-51-59(56)65-58-44(26-18-28-50(58)62(51,3)4)41-20-17-19-39(37-41)40-31-32-46-52(38-40)63(42-21-9-7-10-22-42,43-23-11-8-12-24-43)49-35-36-55-60(57(46)49)64-53-29-15-16-30-54(53)66(55,5)6/h7-38H,1-6H3. The predicted octanol–water partition coefficient (Wildman–Crippen LogP) is 15.8. The van der Waals surface area contributed by atoms with Crippen molar-refractivity contribution in [2.75, 3.05) is 0 Å². The highest BCUT2D eigenvalue weighted by Crippen LogP contribution is 2.62. The van der Waals surface area contributed by atoms with Gasteiger partial charge in [0.2, 0.25) is 0 Å². The molecule has 3 heteroatoms. The summed E-state index contributed by atoms with van der Waals surface area (Å²) in [4.78, 5) is 5.64. The van der Waals surface area contributed by atoms with E-state index < -0.39 is 13.5 Å². The molecule has 0 amide bonds. The van der Waals surface area contributed by atoms with Gasteiger partial charge in [0.25, 0.3) is 0 Å². The lowest BCUT2D eigenvalue weighted by atomic mass is 9.67. The second kappa shape index (κ2) is 14.2. The summed E-state index contributed by atoms with van der Waals surface area (Å²) in [7, 11) is -1.99. The van der Waals surface area contributed by atoms with Gasteiger partial charge in [-0.1, -0.05) is 240 Å². The summed E-state index contributed by atoms with van der Waals surface area (Å²) < 4.78 is 0. The zero-order valence-corrected chi connectivity index (χ0v) is 40.9. The van der Waals surface area contributed by atoms with Crippen LogP contribution in [0.15, 0.2) is 214 Å². The molecule has 2 heterocycles. The van der Waals surface area contributed by atoms with Crippen molar-refractivity contribution in [3.05, 3.63) is 239 Å². The van der Waals surface area contributed by atoms with Crippen LogP contribution in [-0.4, -0.2) is 8.07 Å². The van der Waals surface area contributed by atoms with Gasteiger partial charge in [-0.25, -0.2) is 0 Å². The fourth-order valence-corrected chi connectivity index (χ4v) is 19.8. The Bertz CT molecular complexity index is 3460. The van der Waals surface area contributed by atoms with Gasteiger partial charge < -0.3 is 0 Å². The first kappa shape index (κ1) is 40.2. The van der Waals surface area contributed by atoms with Crippen molar-refractivity contribution in [1.29, 1.82) is 0 Å². The van der Waals surface area contributed by atoms with Gasteiger partial charge in [0.1, 0.15) is 8.07 Å². The molecule has 9 aromatic carbocycles. The van der Waals surface area contributed by atoms with Crippen molar-refractivity contribution in [2.24, 2.45) is 0 Å². The molecule has 0 saturated heterocycles. The van der Waals surface area contributed by atoms with Crippen molar-refractivity contribution in [1.82, 2.24) is 0 Å². The first-order chi connectivity index (χ1) is 32.0. The fraction of sp³-hybridized carbons (Fsp3) is 0.143. The summed E-state index contributed by atoms with van der Waals surface area (Å²) in [6.07, 6.45) is 0. The van der Waals surface area contributed by atoms with Crippen molar-refractivity contribution < 1.29 is 0 Å². The lowest BCUT2D eigenvalue weighted by Crippen LogP contribution is -2.56. The summed E-state index contributed by atoms with van der Waals surface area (Å²) in [6, 6.07) is 74.5. The van der Waals surface area contributed by atoms with Crippen molar-refractivity contribution in [3.63, 3.8) is 0 Å². The van der Waals surface area contributed by atoms with Crippen LogP contribution in [-0.2, 0) is 16.2 Å². The maximum atomic E-state index is 2.54. The molecule has 2 aliphatic heterocycles. The van der Waals surface area contributed by atoms with Gasteiger partial charge in [-0.05, 0) is 106 Å². The molecule has 0 atom stereocenters. The van der Waals surface area contributed by atoms with Crippen LogP contribution in [0.4, 0.5) is 0 Å². The maximum Gasteiger partial charge on any atom is 0.115 e. The molecule has 0 nitrogen and oxygen atoms in total. The van der Waals surface area contributed by atoms with Crippen LogP contribution in [0.25, 0.3) is 44.5 Å². The Labute approximate surface area is 399 Å². The second-order valence-corrected chi connectivity index (χ2v) is 26.8. The Morgan fingerprint density at radius 1 is 0.348 bits per heavy atom. The number of rotatable bonds is 4. The molecule has 9 aromatic rings. The molecule has 0 radical (unpaired) electrons. The van der Waals surface area contributed by atoms with E-state index in [1.165, 1.54) is 119 Å². The Morgan fingerprint density at radius 3 is 1.70 bits per heavy atom. The molecule has 0 saturated carbocycles. The molecule has 66 heavy (non-hydrogen) atoms. The van der Waals surface area contributed by atoms with Gasteiger partial charge in [-0.15, -0.1) is 0 Å². The van der Waals surface area contributed by atoms with E-state index in [9.17, 15) is 0 Å². The van der Waals surface area contributed by atoms with Crippen LogP contribution in [0.3, 0.4) is 0 Å². The molecule has 0 bridgehead atoms. The van der Waals surface area contributed by atoms with Crippen LogP contribution >= 0.6 is 23.5 Å². The monoisotopic (exact) mass is 898 g/mol. The molecule has 318 valence electrons. The van der Waals surface area contributed by atoms with E-state index >= 15 is 0 Å². The van der Waals surface area contributed by atoms with Gasteiger partial charge >= 0.3 is 0 Å². The van der Waals surface area contributed by atoms with E-state index in [4.69, 9.17) is 0 Å². The number of fused-ring (bicyclic) bond motifs is 12. The third-order valence-electron chi connectivity index (χ3n) is 15.9. The summed E-state index contributed by atoms with van der Waals surface area (Å²) in [5.41, 5.74) is 20.9. The molecule has 13 rings (SSSR count). The predicted molar refractivity (Wildman–Crippen MR) is 282 cm³/mol. The molecule has 0 unspecified atom stereocenters. The molecular weight excluding hydrogens is 849 g/mol. The molecule has 0 N–H and O–H groups in total. The Kier molecular flexibility index (Phi) is 8.65. The minimum atomic E-state index is -1.99. The minimum absolute atomic E-state index is 0.0441. The van der Waals surface area contributed by atoms with Crippen LogP contribution in [0.5, 0.6) is 0 Å². The largest absolute Gasteiger partial charge is 0.115 e. The zero-order chi connectivity index (χ0) is 44.7. The topological polar surface area (TPSA) is 0 Å². The highest BCUT2D eigenvalue weighted by Gasteiger charge is 2.49. The molecule has 2 aliphatic carbocycles. The first-order valence-electron chi connectivity index (χ1n) is 23.4. The SMILES string of the molecule is CC1(C)c2cccc(-c3cccc(-c4ccc5c(c4)C(c4ccccc4)(c4ccccc4)c4ccc6c(c4-5)Sc4ccccc4[Si]6(C)C)c3)c2Sc2c1ccc1c2-c2ccccc2C1(C)C. The smallest absolute Gasteiger partial charge is 0.0896 e. The molecule has 0 spiro atoms. The van der Waals surface area contributed by atoms with Crippen LogP contribution in [0.2, 0.25) is 13.1 Å². The fourth-order valence-electron chi connectivity index (χ4n) is 12.5. The van der Waals surface area contributed by atoms with E-state index in [0.717, 1.165) is 0 Å². The highest BCUT2D eigenvalue weighted by molar-refractivity contribution is 8.00. The van der Waals surface area contributed by atoms with Gasteiger partial charge in [-0.2, -0.15) is 0 Å². The summed E-state index contributed by atoms with van der Waals surface area (Å²) >= 11 is 3.98. The normalized spacial score (nSPS) is 16.7. The average molecular weight is 899 g/mol. The van der Waals surface area contributed by atoms with Gasteiger partial charge in [0.05, 0.1) is 5.41 Å². The van der Waals surface area contributed by atoms with E-state index in [0.29, 0.717) is 0 Å². The van der Waals surface area contributed by atoms with E-state index in [1.54, 1.807) is 0 Å². The maximum absolute atomic E-state index is 2.54. The van der Waals surface area contributed by atoms with E-state index in [2.05, 4.69) is 235 Å². The van der Waals surface area contributed by atoms with Crippen LogP contribution < -0.4 is 10.4 Å². The number of hydrogen-bond acceptors (Lipinski definition) is 2. The van der Waals surface area contributed by atoms with Crippen LogP contribution in [0, 0.1) is 0 Å². The lowest BCUT2D eigenvalue weighted by molar-refractivity contribution is 0.605. The molecule has 0 fully saturated rings. The van der Waals surface area contributed by atoms with Crippen molar-refractivity contribution in [3.8, 4) is 44.5 Å². The Morgan fingerprint density at radius 2 is 0.909 bits per heavy atom. The Balaban J connectivity index is 0.994. The highest BCUT2D eigenvalue weighted by atomic mass is 32.2. The lowest BCUT2D eigenvalue weighted by Gasteiger charge is -2.37. The van der Waals surface area contributed by atoms with Gasteiger partial charge in [-0.3, -0.25) is 0 Å². The summed E-state index contributed by atoms with van der Waals surface area (Å²) in [5.74, 6) is 0. The minimum Gasteiger partial charge on any atom is -0.0896 e. The van der Waals surface area contributed by atoms with Crippen molar-refractivity contribution >= 4 is 42.0 Å². The Hall–Kier alpha value is -6.10. The quantitative estimate of drug-likeness (QED) is 0.161. The average Bonchev–Trinajstić information content (AvgIpc) is 3.78. The molecule has 0 aromatic heterocycles. The zero-order valence-electron chi connectivity index (χ0n) is 38.3. The summed E-state index contributed by atoms with van der Waals surface area (Å²) in [6.45, 7) is 14.7. The third-order valence-corrected chi connectivity index (χ3v) is 22.3. The van der Waals surface area contributed by atoms with E-state index in [1.807, 2.05) is 23.5 Å². The number of benzene rings is 9. The number of hydrogen-bond donors (Lipinski definition) is 0. The van der Waals surface area contributed by atoms with Crippen molar-refractivity contribution in [2.45, 2.75) is 76.6 Å². The molecular formula is C63H50S2Si. The molecule has 4 aliphatic rings.